The molecular formula is C17H34N4O2. The Hall–Kier alpha value is -0.850. The van der Waals surface area contributed by atoms with Gasteiger partial charge in [-0.15, -0.1) is 0 Å². The third-order valence-corrected chi connectivity index (χ3v) is 4.95. The average Bonchev–Trinajstić information content (AvgIpc) is 2.48. The van der Waals surface area contributed by atoms with Crippen molar-refractivity contribution in [1.82, 2.24) is 15.1 Å². The third-order valence-electron chi connectivity index (χ3n) is 4.95. The molecule has 1 amide bonds. The number of ether oxygens (including phenoxy) is 1. The van der Waals surface area contributed by atoms with Gasteiger partial charge in [0.2, 0.25) is 0 Å². The minimum atomic E-state index is -0.473. The van der Waals surface area contributed by atoms with Gasteiger partial charge in [-0.25, -0.2) is 4.79 Å². The number of piperazine rings is 1. The lowest BCUT2D eigenvalue weighted by Gasteiger charge is -2.43. The van der Waals surface area contributed by atoms with E-state index in [-0.39, 0.29) is 18.2 Å². The predicted octanol–water partition coefficient (Wildman–Crippen LogP) is 1.40. The number of carbonyl (C=O) groups excluding carboxylic acids is 1. The number of nitrogens with zero attached hydrogens (tertiary/aromatic N) is 2. The molecule has 1 aliphatic heterocycles. The summed E-state index contributed by atoms with van der Waals surface area (Å²) < 4.78 is 5.37. The maximum Gasteiger partial charge on any atom is 0.407 e. The third kappa shape index (κ3) is 5.62. The molecule has 3 N–H and O–H groups in total. The SMILES string of the molecule is CCN1CCN(C2CCC(N)C(NC(=O)OC(C)(C)C)C2)CC1. The highest BCUT2D eigenvalue weighted by atomic mass is 16.6. The molecule has 6 nitrogen and oxygen atoms in total. The molecule has 134 valence electrons. The van der Waals surface area contributed by atoms with E-state index in [1.165, 1.54) is 0 Å². The number of amides is 1. The summed E-state index contributed by atoms with van der Waals surface area (Å²) in [4.78, 5) is 17.1. The quantitative estimate of drug-likeness (QED) is 0.820. The molecule has 23 heavy (non-hydrogen) atoms. The summed E-state index contributed by atoms with van der Waals surface area (Å²) in [6, 6.07) is 0.553. The summed E-state index contributed by atoms with van der Waals surface area (Å²) >= 11 is 0. The Morgan fingerprint density at radius 1 is 1.22 bits per heavy atom. The maximum absolute atomic E-state index is 12.0. The molecule has 6 heteroatoms. The molecule has 1 heterocycles. The lowest BCUT2D eigenvalue weighted by molar-refractivity contribution is 0.0415. The van der Waals surface area contributed by atoms with Crippen LogP contribution in [0.3, 0.4) is 0 Å². The van der Waals surface area contributed by atoms with Gasteiger partial charge >= 0.3 is 6.09 Å². The lowest BCUT2D eigenvalue weighted by Crippen LogP contribution is -2.58. The van der Waals surface area contributed by atoms with E-state index in [1.807, 2.05) is 20.8 Å². The van der Waals surface area contributed by atoms with Crippen LogP contribution in [0.1, 0.15) is 47.0 Å². The van der Waals surface area contributed by atoms with Crippen LogP contribution in [0.2, 0.25) is 0 Å². The van der Waals surface area contributed by atoms with Crippen LogP contribution in [0.15, 0.2) is 0 Å². The Labute approximate surface area is 140 Å². The molecule has 0 aromatic carbocycles. The smallest absolute Gasteiger partial charge is 0.407 e. The second-order valence-electron chi connectivity index (χ2n) is 7.85. The molecule has 1 aliphatic carbocycles. The molecule has 0 spiro atoms. The molecule has 1 saturated heterocycles. The van der Waals surface area contributed by atoms with Gasteiger partial charge in [-0.3, -0.25) is 4.90 Å². The first-order chi connectivity index (χ1) is 10.8. The van der Waals surface area contributed by atoms with Gasteiger partial charge in [0.25, 0.3) is 0 Å². The van der Waals surface area contributed by atoms with Crippen LogP contribution in [-0.2, 0) is 4.74 Å². The van der Waals surface area contributed by atoms with E-state index in [0.29, 0.717) is 6.04 Å². The topological polar surface area (TPSA) is 70.8 Å². The molecule has 2 rings (SSSR count). The van der Waals surface area contributed by atoms with E-state index in [9.17, 15) is 4.79 Å². The molecule has 1 saturated carbocycles. The van der Waals surface area contributed by atoms with E-state index < -0.39 is 5.60 Å². The van der Waals surface area contributed by atoms with Crippen LogP contribution in [-0.4, -0.2) is 72.3 Å². The van der Waals surface area contributed by atoms with Crippen molar-refractivity contribution in [1.29, 1.82) is 0 Å². The molecule has 0 aromatic rings. The lowest BCUT2D eigenvalue weighted by atomic mass is 9.86. The van der Waals surface area contributed by atoms with Crippen LogP contribution in [0.5, 0.6) is 0 Å². The summed E-state index contributed by atoms with van der Waals surface area (Å²) in [6.07, 6.45) is 2.65. The van der Waals surface area contributed by atoms with E-state index in [4.69, 9.17) is 10.5 Å². The molecule has 3 atom stereocenters. The van der Waals surface area contributed by atoms with Crippen molar-refractivity contribution >= 4 is 6.09 Å². The summed E-state index contributed by atoms with van der Waals surface area (Å²) in [7, 11) is 0. The molecule has 2 aliphatic rings. The molecule has 0 radical (unpaired) electrons. The van der Waals surface area contributed by atoms with Gasteiger partial charge in [-0.2, -0.15) is 0 Å². The minimum absolute atomic E-state index is 0.00723. The Morgan fingerprint density at radius 3 is 2.43 bits per heavy atom. The minimum Gasteiger partial charge on any atom is -0.444 e. The van der Waals surface area contributed by atoms with Crippen LogP contribution in [0.4, 0.5) is 4.79 Å². The number of nitrogens with one attached hydrogen (secondary N) is 1. The standard InChI is InChI=1S/C17H34N4O2/c1-5-20-8-10-21(11-9-20)13-6-7-14(18)15(12-13)19-16(22)23-17(2,3)4/h13-15H,5-12,18H2,1-4H3,(H,19,22). The summed E-state index contributed by atoms with van der Waals surface area (Å²) in [5.41, 5.74) is 5.76. The number of hydrogen-bond acceptors (Lipinski definition) is 5. The van der Waals surface area contributed by atoms with E-state index in [2.05, 4.69) is 22.0 Å². The van der Waals surface area contributed by atoms with Crippen molar-refractivity contribution in [3.05, 3.63) is 0 Å². The normalized spacial score (nSPS) is 30.9. The van der Waals surface area contributed by atoms with Crippen LogP contribution in [0, 0.1) is 0 Å². The highest BCUT2D eigenvalue weighted by molar-refractivity contribution is 5.68. The number of nitrogens with two attached hydrogens (primary N) is 1. The van der Waals surface area contributed by atoms with Gasteiger partial charge in [0.1, 0.15) is 5.60 Å². The van der Waals surface area contributed by atoms with E-state index in [0.717, 1.165) is 52.0 Å². The average molecular weight is 326 g/mol. The zero-order valence-corrected chi connectivity index (χ0v) is 15.2. The number of hydrogen-bond donors (Lipinski definition) is 2. The molecule has 0 aromatic heterocycles. The van der Waals surface area contributed by atoms with Gasteiger partial charge < -0.3 is 20.7 Å². The second-order valence-corrected chi connectivity index (χ2v) is 7.85. The van der Waals surface area contributed by atoms with Crippen LogP contribution in [0.25, 0.3) is 0 Å². The number of alkyl carbamates (subject to hydrolysis) is 1. The zero-order chi connectivity index (χ0) is 17.0. The Balaban J connectivity index is 1.85. The summed E-state index contributed by atoms with van der Waals surface area (Å²) in [5.74, 6) is 0. The Kier molecular flexibility index (Phi) is 6.28. The van der Waals surface area contributed by atoms with Crippen molar-refractivity contribution in [2.45, 2.75) is 70.7 Å². The first-order valence-corrected chi connectivity index (χ1v) is 9.00. The molecule has 3 unspecified atom stereocenters. The largest absolute Gasteiger partial charge is 0.444 e. The predicted molar refractivity (Wildman–Crippen MR) is 92.5 cm³/mol. The fourth-order valence-electron chi connectivity index (χ4n) is 3.57. The van der Waals surface area contributed by atoms with Crippen LogP contribution < -0.4 is 11.1 Å². The number of carbonyl (C=O) groups is 1. The van der Waals surface area contributed by atoms with Crippen LogP contribution >= 0.6 is 0 Å². The summed E-state index contributed by atoms with van der Waals surface area (Å²) in [5, 5.41) is 2.99. The summed E-state index contributed by atoms with van der Waals surface area (Å²) in [6.45, 7) is 13.5. The number of likely N-dealkylation sites (N-methyl/N-ethyl adjacent to an activating group) is 1. The van der Waals surface area contributed by atoms with Crippen molar-refractivity contribution in [2.75, 3.05) is 32.7 Å². The monoisotopic (exact) mass is 326 g/mol. The fraction of sp³-hybridized carbons (Fsp3) is 0.941. The van der Waals surface area contributed by atoms with E-state index in [1.54, 1.807) is 0 Å². The highest BCUT2D eigenvalue weighted by Crippen LogP contribution is 2.24. The van der Waals surface area contributed by atoms with Gasteiger partial charge in [0, 0.05) is 44.3 Å². The first-order valence-electron chi connectivity index (χ1n) is 9.00. The van der Waals surface area contributed by atoms with Crippen molar-refractivity contribution in [2.24, 2.45) is 5.73 Å². The van der Waals surface area contributed by atoms with Gasteiger partial charge in [0.05, 0.1) is 0 Å². The van der Waals surface area contributed by atoms with Gasteiger partial charge in [-0.05, 0) is 46.6 Å². The molecule has 0 bridgehead atoms. The van der Waals surface area contributed by atoms with E-state index >= 15 is 0 Å². The Morgan fingerprint density at radius 2 is 1.87 bits per heavy atom. The fourth-order valence-corrected chi connectivity index (χ4v) is 3.57. The van der Waals surface area contributed by atoms with Crippen molar-refractivity contribution in [3.63, 3.8) is 0 Å². The number of rotatable bonds is 3. The molecular weight excluding hydrogens is 292 g/mol. The maximum atomic E-state index is 12.0. The Bertz CT molecular complexity index is 389. The van der Waals surface area contributed by atoms with Gasteiger partial charge in [-0.1, -0.05) is 6.92 Å². The highest BCUT2D eigenvalue weighted by Gasteiger charge is 2.34. The first kappa shape index (κ1) is 18.5. The zero-order valence-electron chi connectivity index (χ0n) is 15.2. The van der Waals surface area contributed by atoms with Gasteiger partial charge in [0.15, 0.2) is 0 Å². The second kappa shape index (κ2) is 7.81. The van der Waals surface area contributed by atoms with Crippen molar-refractivity contribution in [3.8, 4) is 0 Å². The molecule has 2 fully saturated rings. The van der Waals surface area contributed by atoms with Crippen molar-refractivity contribution < 1.29 is 9.53 Å².